The molecule has 132 valence electrons. The number of hydroxylamine groups is 1. The zero-order chi connectivity index (χ0) is 17.6. The Morgan fingerprint density at radius 2 is 1.68 bits per heavy atom. The van der Waals surface area contributed by atoms with E-state index < -0.39 is 0 Å². The summed E-state index contributed by atoms with van der Waals surface area (Å²) in [6.45, 7) is 7.91. The monoisotopic (exact) mass is 354 g/mol. The zero-order valence-corrected chi connectivity index (χ0v) is 15.9. The van der Waals surface area contributed by atoms with Gasteiger partial charge in [0.2, 0.25) is 5.71 Å². The summed E-state index contributed by atoms with van der Waals surface area (Å²) in [5.41, 5.74) is 4.21. The molecule has 3 rings (SSSR count). The van der Waals surface area contributed by atoms with Gasteiger partial charge in [0, 0.05) is 23.6 Å². The predicted octanol–water partition coefficient (Wildman–Crippen LogP) is 4.37. The van der Waals surface area contributed by atoms with Gasteiger partial charge in [0.1, 0.15) is 0 Å². The van der Waals surface area contributed by atoms with Gasteiger partial charge < -0.3 is 10.1 Å². The molecule has 0 saturated heterocycles. The first-order valence-electron chi connectivity index (χ1n) is 9.09. The molecular weight excluding hydrogens is 328 g/mol. The van der Waals surface area contributed by atoms with Gasteiger partial charge in [-0.25, -0.2) is 4.74 Å². The van der Waals surface area contributed by atoms with Crippen LogP contribution in [0.4, 0.5) is 0 Å². The van der Waals surface area contributed by atoms with Crippen molar-refractivity contribution in [3.05, 3.63) is 70.4 Å². The molecule has 0 spiro atoms. The molecule has 4 heteroatoms. The van der Waals surface area contributed by atoms with Gasteiger partial charge in [0.05, 0.1) is 11.1 Å². The van der Waals surface area contributed by atoms with Crippen LogP contribution < -0.4 is 0 Å². The van der Waals surface area contributed by atoms with E-state index in [4.69, 9.17) is 0 Å². The van der Waals surface area contributed by atoms with Gasteiger partial charge in [-0.1, -0.05) is 44.2 Å². The first-order valence-corrected chi connectivity index (χ1v) is 10.1. The number of benzene rings is 2. The molecule has 0 unspecified atom stereocenters. The van der Waals surface area contributed by atoms with Crippen LogP contribution in [0.25, 0.3) is 0 Å². The molecule has 3 nitrogen and oxygen atoms in total. The minimum Gasteiger partial charge on any atom is -0.623 e. The van der Waals surface area contributed by atoms with Crippen molar-refractivity contribution in [2.75, 3.05) is 26.2 Å². The Hall–Kier alpha value is -1.78. The lowest BCUT2D eigenvalue weighted by molar-refractivity contribution is -0.457. The van der Waals surface area contributed by atoms with Crippen molar-refractivity contribution in [2.45, 2.75) is 30.9 Å². The second-order valence-electron chi connectivity index (χ2n) is 6.27. The Morgan fingerprint density at radius 3 is 2.44 bits per heavy atom. The summed E-state index contributed by atoms with van der Waals surface area (Å²) < 4.78 is 1.22. The number of nitrogens with zero attached hydrogens (tertiary/aromatic N) is 2. The van der Waals surface area contributed by atoms with E-state index in [1.165, 1.54) is 15.2 Å². The molecule has 1 heterocycles. The maximum atomic E-state index is 13.1. The third-order valence-corrected chi connectivity index (χ3v) is 5.90. The molecular formula is C21H26N2OS. The van der Waals surface area contributed by atoms with Crippen LogP contribution in [0.5, 0.6) is 0 Å². The summed E-state index contributed by atoms with van der Waals surface area (Å²) in [6.07, 6.45) is 0.881. The zero-order valence-electron chi connectivity index (χ0n) is 15.1. The van der Waals surface area contributed by atoms with Crippen molar-refractivity contribution in [3.8, 4) is 0 Å². The van der Waals surface area contributed by atoms with Gasteiger partial charge in [-0.3, -0.25) is 0 Å². The number of rotatable bonds is 6. The van der Waals surface area contributed by atoms with Crippen molar-refractivity contribution in [3.63, 3.8) is 0 Å². The molecule has 0 N–H and O–H groups in total. The number of thioether (sulfide) groups is 1. The highest BCUT2D eigenvalue weighted by atomic mass is 32.2. The average molecular weight is 355 g/mol. The quantitative estimate of drug-likeness (QED) is 0.438. The van der Waals surface area contributed by atoms with Gasteiger partial charge in [-0.2, -0.15) is 0 Å². The molecule has 0 saturated carbocycles. The molecule has 0 bridgehead atoms. The first-order chi connectivity index (χ1) is 12.2. The summed E-state index contributed by atoms with van der Waals surface area (Å²) in [4.78, 5) is 3.56. The van der Waals surface area contributed by atoms with Crippen LogP contribution >= 0.6 is 11.8 Å². The molecule has 2 aromatic carbocycles. The molecule has 0 atom stereocenters. The van der Waals surface area contributed by atoms with Gasteiger partial charge in [-0.15, -0.1) is 11.8 Å². The van der Waals surface area contributed by atoms with Crippen molar-refractivity contribution in [1.82, 2.24) is 4.90 Å². The summed E-state index contributed by atoms with van der Waals surface area (Å²) >= 11 is 1.81. The Kier molecular flexibility index (Phi) is 6.16. The third kappa shape index (κ3) is 4.07. The second-order valence-corrected chi connectivity index (χ2v) is 7.29. The highest BCUT2D eigenvalue weighted by molar-refractivity contribution is 7.98. The molecule has 0 amide bonds. The molecule has 0 fully saturated rings. The van der Waals surface area contributed by atoms with Gasteiger partial charge in [0.25, 0.3) is 0 Å². The SMILES string of the molecule is CCN(CC)CCC[N+]([O-])=C1c2ccccc2CSc2ccccc21. The Bertz CT molecular complexity index is 704. The normalized spacial score (nSPS) is 15.5. The van der Waals surface area contributed by atoms with Crippen molar-refractivity contribution in [1.29, 1.82) is 0 Å². The topological polar surface area (TPSA) is 29.3 Å². The van der Waals surface area contributed by atoms with Gasteiger partial charge >= 0.3 is 0 Å². The minimum absolute atomic E-state index is 0.527. The van der Waals surface area contributed by atoms with E-state index in [-0.39, 0.29) is 0 Å². The van der Waals surface area contributed by atoms with Crippen LogP contribution in [-0.4, -0.2) is 41.5 Å². The van der Waals surface area contributed by atoms with E-state index in [0.717, 1.165) is 48.6 Å². The highest BCUT2D eigenvalue weighted by Gasteiger charge is 2.25. The lowest BCUT2D eigenvalue weighted by Gasteiger charge is -2.18. The Labute approximate surface area is 155 Å². The average Bonchev–Trinajstić information content (AvgIpc) is 2.82. The largest absolute Gasteiger partial charge is 0.623 e. The van der Waals surface area contributed by atoms with E-state index in [1.807, 2.05) is 23.9 Å². The smallest absolute Gasteiger partial charge is 0.227 e. The second kappa shape index (κ2) is 8.54. The predicted molar refractivity (Wildman–Crippen MR) is 107 cm³/mol. The van der Waals surface area contributed by atoms with E-state index >= 15 is 0 Å². The van der Waals surface area contributed by atoms with Crippen LogP contribution in [-0.2, 0) is 5.75 Å². The molecule has 25 heavy (non-hydrogen) atoms. The number of hydrogen-bond acceptors (Lipinski definition) is 3. The Morgan fingerprint density at radius 1 is 1.00 bits per heavy atom. The van der Waals surface area contributed by atoms with E-state index in [1.54, 1.807) is 0 Å². The van der Waals surface area contributed by atoms with Crippen molar-refractivity contribution >= 4 is 17.5 Å². The van der Waals surface area contributed by atoms with E-state index in [2.05, 4.69) is 55.1 Å². The fourth-order valence-electron chi connectivity index (χ4n) is 3.32. The Balaban J connectivity index is 1.95. The van der Waals surface area contributed by atoms with Crippen LogP contribution in [0.15, 0.2) is 53.4 Å². The summed E-state index contributed by atoms with van der Waals surface area (Å²) in [5, 5.41) is 13.1. The minimum atomic E-state index is 0.527. The van der Waals surface area contributed by atoms with Crippen LogP contribution in [0.2, 0.25) is 0 Å². The van der Waals surface area contributed by atoms with Crippen LogP contribution in [0.3, 0.4) is 0 Å². The summed E-state index contributed by atoms with van der Waals surface area (Å²) in [7, 11) is 0. The van der Waals surface area contributed by atoms with E-state index in [9.17, 15) is 5.21 Å². The standard InChI is InChI=1S/C21H26N2OS/c1-3-22(4-2)14-9-15-23(24)21-18-11-6-5-10-17(18)16-25-20-13-8-7-12-19(20)21/h5-8,10-13H,3-4,9,14-16H2,1-2H3. The molecule has 0 aromatic heterocycles. The van der Waals surface area contributed by atoms with Crippen molar-refractivity contribution in [2.24, 2.45) is 0 Å². The maximum Gasteiger partial charge on any atom is 0.227 e. The molecule has 1 aliphatic rings. The number of fused-ring (bicyclic) bond motifs is 2. The molecule has 2 aromatic rings. The first kappa shape index (κ1) is 18.0. The summed E-state index contributed by atoms with van der Waals surface area (Å²) in [6, 6.07) is 16.6. The van der Waals surface area contributed by atoms with Gasteiger partial charge in [0.15, 0.2) is 6.54 Å². The van der Waals surface area contributed by atoms with E-state index in [0.29, 0.717) is 6.54 Å². The van der Waals surface area contributed by atoms with Gasteiger partial charge in [-0.05, 0) is 36.9 Å². The lowest BCUT2D eigenvalue weighted by atomic mass is 9.98. The van der Waals surface area contributed by atoms with Crippen LogP contribution in [0, 0.1) is 5.21 Å². The maximum absolute atomic E-state index is 13.1. The van der Waals surface area contributed by atoms with Crippen LogP contribution in [0.1, 0.15) is 37.0 Å². The molecule has 0 aliphatic carbocycles. The summed E-state index contributed by atoms with van der Waals surface area (Å²) in [5.74, 6) is 0.907. The fourth-order valence-corrected chi connectivity index (χ4v) is 4.38. The lowest BCUT2D eigenvalue weighted by Crippen LogP contribution is -2.27. The molecule has 1 aliphatic heterocycles. The highest BCUT2D eigenvalue weighted by Crippen LogP contribution is 2.33. The molecule has 0 radical (unpaired) electrons. The fraction of sp³-hybridized carbons (Fsp3) is 0.381. The number of hydrogen-bond donors (Lipinski definition) is 0. The van der Waals surface area contributed by atoms with Crippen molar-refractivity contribution < 1.29 is 4.74 Å². The third-order valence-electron chi connectivity index (χ3n) is 4.78.